The van der Waals surface area contributed by atoms with Crippen LogP contribution in [0, 0.1) is 25.1 Å². The number of nitrogens with two attached hydrogens (primary N) is 1. The normalized spacial score (nSPS) is 10.9. The molecule has 3 N–H and O–H groups in total. The predicted molar refractivity (Wildman–Crippen MR) is 91.9 cm³/mol. The Kier molecular flexibility index (Phi) is 4.48. The molecule has 0 bridgehead atoms. The molecule has 3 rings (SSSR count). The fraction of sp³-hybridized carbons (Fsp3) is 0.118. The predicted octanol–water partition coefficient (Wildman–Crippen LogP) is 2.76. The standard InChI is InChI=1S/C17H14FN5O2/c1-3-6-24-22-8-12-16(19)20-9-21-17(12)25-14-5-4-13-11(15(14)18)7-10(2)23-13/h1,4-5,7-9,23H,6H2,2H3,(H2,19,20,21). The first-order valence-electron chi connectivity index (χ1n) is 7.25. The summed E-state index contributed by atoms with van der Waals surface area (Å²) < 4.78 is 20.2. The molecule has 0 fully saturated rings. The van der Waals surface area contributed by atoms with Crippen LogP contribution in [0.1, 0.15) is 11.3 Å². The van der Waals surface area contributed by atoms with Crippen molar-refractivity contribution in [3.63, 3.8) is 0 Å². The molecule has 0 amide bonds. The molecule has 7 nitrogen and oxygen atoms in total. The fourth-order valence-corrected chi connectivity index (χ4v) is 2.23. The number of nitrogen functional groups attached to an aromatic ring is 1. The van der Waals surface area contributed by atoms with E-state index in [1.54, 1.807) is 12.1 Å². The highest BCUT2D eigenvalue weighted by Gasteiger charge is 2.15. The molecule has 0 aliphatic carbocycles. The summed E-state index contributed by atoms with van der Waals surface area (Å²) in [5.74, 6) is 1.92. The summed E-state index contributed by atoms with van der Waals surface area (Å²) in [5.41, 5.74) is 7.58. The van der Waals surface area contributed by atoms with Gasteiger partial charge in [-0.1, -0.05) is 11.1 Å². The minimum Gasteiger partial charge on any atom is -0.435 e. The van der Waals surface area contributed by atoms with E-state index in [1.165, 1.54) is 18.6 Å². The van der Waals surface area contributed by atoms with Crippen molar-refractivity contribution >= 4 is 22.9 Å². The number of oxime groups is 1. The monoisotopic (exact) mass is 339 g/mol. The number of halogens is 1. The Balaban J connectivity index is 1.95. The highest BCUT2D eigenvalue weighted by molar-refractivity contribution is 5.88. The zero-order valence-corrected chi connectivity index (χ0v) is 13.3. The van der Waals surface area contributed by atoms with Crippen molar-refractivity contribution in [2.24, 2.45) is 5.16 Å². The van der Waals surface area contributed by atoms with Crippen LogP contribution in [0.2, 0.25) is 0 Å². The fourth-order valence-electron chi connectivity index (χ4n) is 2.23. The first-order valence-corrected chi connectivity index (χ1v) is 7.25. The van der Waals surface area contributed by atoms with E-state index >= 15 is 0 Å². The van der Waals surface area contributed by atoms with Crippen molar-refractivity contribution in [1.82, 2.24) is 15.0 Å². The number of anilines is 1. The number of fused-ring (bicyclic) bond motifs is 1. The zero-order valence-electron chi connectivity index (χ0n) is 13.3. The summed E-state index contributed by atoms with van der Waals surface area (Å²) in [6.45, 7) is 1.84. The van der Waals surface area contributed by atoms with Gasteiger partial charge in [-0.25, -0.2) is 14.4 Å². The first kappa shape index (κ1) is 16.3. The maximum atomic E-state index is 14.7. The van der Waals surface area contributed by atoms with Crippen LogP contribution in [0.3, 0.4) is 0 Å². The van der Waals surface area contributed by atoms with Crippen LogP contribution in [-0.2, 0) is 4.84 Å². The molecule has 0 spiro atoms. The van der Waals surface area contributed by atoms with Crippen LogP contribution in [0.25, 0.3) is 10.9 Å². The van der Waals surface area contributed by atoms with Crippen LogP contribution >= 0.6 is 0 Å². The lowest BCUT2D eigenvalue weighted by Gasteiger charge is -2.09. The van der Waals surface area contributed by atoms with Gasteiger partial charge in [0.05, 0.1) is 6.21 Å². The minimum atomic E-state index is -0.509. The molecule has 0 aliphatic heterocycles. The quantitative estimate of drug-likeness (QED) is 0.322. The van der Waals surface area contributed by atoms with Crippen molar-refractivity contribution < 1.29 is 14.0 Å². The average Bonchev–Trinajstić information content (AvgIpc) is 2.97. The van der Waals surface area contributed by atoms with Crippen molar-refractivity contribution in [3.05, 3.63) is 41.6 Å². The van der Waals surface area contributed by atoms with Gasteiger partial charge in [0.15, 0.2) is 18.2 Å². The Morgan fingerprint density at radius 3 is 3.08 bits per heavy atom. The second kappa shape index (κ2) is 6.88. The molecular weight excluding hydrogens is 325 g/mol. The molecule has 0 aliphatic rings. The number of terminal acetylenes is 1. The van der Waals surface area contributed by atoms with E-state index < -0.39 is 5.82 Å². The van der Waals surface area contributed by atoms with E-state index in [1.807, 2.05) is 6.92 Å². The number of aromatic nitrogens is 3. The smallest absolute Gasteiger partial charge is 0.233 e. The molecule has 2 heterocycles. The van der Waals surface area contributed by atoms with Gasteiger partial charge < -0.3 is 20.3 Å². The maximum absolute atomic E-state index is 14.7. The molecule has 0 unspecified atom stereocenters. The van der Waals surface area contributed by atoms with Gasteiger partial charge in [-0.15, -0.1) is 6.42 Å². The molecule has 126 valence electrons. The molecular formula is C17H14FN5O2. The van der Waals surface area contributed by atoms with E-state index in [-0.39, 0.29) is 29.6 Å². The second-order valence-corrected chi connectivity index (χ2v) is 5.08. The number of ether oxygens (including phenoxy) is 1. The lowest BCUT2D eigenvalue weighted by molar-refractivity contribution is 0.181. The third-order valence-corrected chi connectivity index (χ3v) is 3.33. The van der Waals surface area contributed by atoms with Gasteiger partial charge in [0, 0.05) is 16.6 Å². The summed E-state index contributed by atoms with van der Waals surface area (Å²) in [5, 5.41) is 4.08. The van der Waals surface area contributed by atoms with Crippen molar-refractivity contribution in [1.29, 1.82) is 0 Å². The number of H-pyrrole nitrogens is 1. The molecule has 1 aromatic carbocycles. The topological polar surface area (TPSA) is 98.4 Å². The van der Waals surface area contributed by atoms with Gasteiger partial charge in [-0.2, -0.15) is 0 Å². The summed E-state index contributed by atoms with van der Waals surface area (Å²) in [6, 6.07) is 4.92. The van der Waals surface area contributed by atoms with Gasteiger partial charge in [-0.05, 0) is 25.1 Å². The Morgan fingerprint density at radius 1 is 1.44 bits per heavy atom. The number of nitrogens with zero attached hydrogens (tertiary/aromatic N) is 3. The molecule has 0 saturated carbocycles. The van der Waals surface area contributed by atoms with Crippen LogP contribution in [0.4, 0.5) is 10.2 Å². The Bertz CT molecular complexity index is 991. The van der Waals surface area contributed by atoms with Crippen LogP contribution in [-0.4, -0.2) is 27.8 Å². The molecule has 8 heteroatoms. The van der Waals surface area contributed by atoms with Crippen LogP contribution in [0.15, 0.2) is 29.7 Å². The van der Waals surface area contributed by atoms with Crippen molar-refractivity contribution in [2.75, 3.05) is 12.3 Å². The van der Waals surface area contributed by atoms with Crippen molar-refractivity contribution in [3.8, 4) is 24.0 Å². The van der Waals surface area contributed by atoms with Gasteiger partial charge in [-0.3, -0.25) is 0 Å². The van der Waals surface area contributed by atoms with Gasteiger partial charge in [0.2, 0.25) is 5.88 Å². The number of hydrogen-bond acceptors (Lipinski definition) is 6. The molecule has 0 atom stereocenters. The summed E-state index contributed by atoms with van der Waals surface area (Å²) >= 11 is 0. The highest BCUT2D eigenvalue weighted by Crippen LogP contribution is 2.31. The second-order valence-electron chi connectivity index (χ2n) is 5.08. The zero-order chi connectivity index (χ0) is 17.8. The largest absolute Gasteiger partial charge is 0.435 e. The van der Waals surface area contributed by atoms with Gasteiger partial charge in [0.25, 0.3) is 0 Å². The molecule has 3 aromatic rings. The maximum Gasteiger partial charge on any atom is 0.233 e. The lowest BCUT2D eigenvalue weighted by atomic mass is 10.2. The van der Waals surface area contributed by atoms with Gasteiger partial charge >= 0.3 is 0 Å². The van der Waals surface area contributed by atoms with Gasteiger partial charge in [0.1, 0.15) is 17.7 Å². The number of benzene rings is 1. The molecule has 25 heavy (non-hydrogen) atoms. The van der Waals surface area contributed by atoms with Crippen LogP contribution < -0.4 is 10.5 Å². The lowest BCUT2D eigenvalue weighted by Crippen LogP contribution is -2.03. The number of nitrogens with one attached hydrogen (secondary N) is 1. The summed E-state index contributed by atoms with van der Waals surface area (Å²) in [7, 11) is 0. The van der Waals surface area contributed by atoms with Crippen molar-refractivity contribution in [2.45, 2.75) is 6.92 Å². The molecule has 0 radical (unpaired) electrons. The Hall–Kier alpha value is -3.60. The first-order chi connectivity index (χ1) is 12.1. The van der Waals surface area contributed by atoms with E-state index in [4.69, 9.17) is 21.7 Å². The summed E-state index contributed by atoms with van der Waals surface area (Å²) in [6.07, 6.45) is 7.54. The average molecular weight is 339 g/mol. The van der Waals surface area contributed by atoms with E-state index in [9.17, 15) is 4.39 Å². The minimum absolute atomic E-state index is 0.00157. The SMILES string of the molecule is C#CCON=Cc1c(N)ncnc1Oc1ccc2[nH]c(C)cc2c1F. The number of hydrogen-bond donors (Lipinski definition) is 2. The third kappa shape index (κ3) is 3.35. The van der Waals surface area contributed by atoms with E-state index in [0.717, 1.165) is 5.69 Å². The summed E-state index contributed by atoms with van der Waals surface area (Å²) in [4.78, 5) is 15.7. The van der Waals surface area contributed by atoms with Crippen LogP contribution in [0.5, 0.6) is 11.6 Å². The highest BCUT2D eigenvalue weighted by atomic mass is 19.1. The van der Waals surface area contributed by atoms with E-state index in [0.29, 0.717) is 10.9 Å². The Labute approximate surface area is 142 Å². The number of aryl methyl sites for hydroxylation is 1. The molecule has 0 saturated heterocycles. The number of aromatic amines is 1. The third-order valence-electron chi connectivity index (χ3n) is 3.33. The molecule has 2 aromatic heterocycles. The van der Waals surface area contributed by atoms with E-state index in [2.05, 4.69) is 26.0 Å². The number of rotatable bonds is 5. The Morgan fingerprint density at radius 2 is 2.28 bits per heavy atom.